The first kappa shape index (κ1) is 27.5. The number of carbonyl (C=O) groups excluding carboxylic acids is 3. The second kappa shape index (κ2) is 9.49. The molecule has 1 heterocycles. The number of aryl methyl sites for hydroxylation is 1. The molecule has 0 spiro atoms. The van der Waals surface area contributed by atoms with Gasteiger partial charge in [-0.3, -0.25) is 14.5 Å². The largest absolute Gasteiger partial charge is 0.334 e. The SMILES string of the molecule is CCCCN(C(=O)NCc1ccc(-c2scnc2C)cc1)C(=O)C(NC(C)=O)S(F)(F)(F)(F)F. The molecule has 0 saturated heterocycles. The van der Waals surface area contributed by atoms with Gasteiger partial charge < -0.3 is 10.6 Å². The van der Waals surface area contributed by atoms with Gasteiger partial charge in [-0.25, -0.2) is 9.78 Å². The van der Waals surface area contributed by atoms with Gasteiger partial charge in [-0.1, -0.05) is 57.0 Å². The van der Waals surface area contributed by atoms with E-state index in [9.17, 15) is 33.8 Å². The standard InChI is InChI=1S/C20H25F5N4O3S2/c1-4-5-10-29(19(31)18(28-14(3)30)34(21,22,23,24)25)20(32)26-11-15-6-8-16(9-7-15)17-13(2)27-12-33-17/h6-9,12,18H,4-5,10-11H2,1-3H3,(H,26,32)(H,28,30). The van der Waals surface area contributed by atoms with Crippen LogP contribution in [-0.4, -0.2) is 39.6 Å². The fourth-order valence-electron chi connectivity index (χ4n) is 2.94. The minimum Gasteiger partial charge on any atom is -0.334 e. The van der Waals surface area contributed by atoms with E-state index in [-0.39, 0.29) is 17.9 Å². The van der Waals surface area contributed by atoms with Crippen LogP contribution in [-0.2, 0) is 16.1 Å². The Morgan fingerprint density at radius 1 is 1.12 bits per heavy atom. The second-order valence-corrected chi connectivity index (χ2v) is 11.0. The maximum absolute atomic E-state index is 13.5. The minimum atomic E-state index is -10.5. The second-order valence-electron chi connectivity index (χ2n) is 7.58. The number of benzene rings is 1. The molecular weight excluding hydrogens is 503 g/mol. The zero-order valence-corrected chi connectivity index (χ0v) is 20.3. The monoisotopic (exact) mass is 528 g/mol. The number of hydrogen-bond acceptors (Lipinski definition) is 5. The fraction of sp³-hybridized carbons (Fsp3) is 0.400. The van der Waals surface area contributed by atoms with E-state index in [1.54, 1.807) is 36.7 Å². The minimum absolute atomic E-state index is 0.0665. The third kappa shape index (κ3) is 7.38. The number of aromatic nitrogens is 1. The summed E-state index contributed by atoms with van der Waals surface area (Å²) in [5.41, 5.74) is 3.98. The summed E-state index contributed by atoms with van der Waals surface area (Å²) in [6.45, 7) is 3.36. The Balaban J connectivity index is 2.20. The molecule has 0 bridgehead atoms. The van der Waals surface area contributed by atoms with Gasteiger partial charge >= 0.3 is 16.3 Å². The van der Waals surface area contributed by atoms with Crippen molar-refractivity contribution in [2.24, 2.45) is 0 Å². The third-order valence-electron chi connectivity index (χ3n) is 4.66. The predicted molar refractivity (Wildman–Crippen MR) is 122 cm³/mol. The van der Waals surface area contributed by atoms with E-state index in [4.69, 9.17) is 0 Å². The van der Waals surface area contributed by atoms with E-state index in [0.29, 0.717) is 18.9 Å². The van der Waals surface area contributed by atoms with Crippen molar-refractivity contribution in [1.82, 2.24) is 20.5 Å². The highest BCUT2D eigenvalue weighted by atomic mass is 32.5. The summed E-state index contributed by atoms with van der Waals surface area (Å²) in [5.74, 6) is -3.73. The fourth-order valence-corrected chi connectivity index (χ4v) is 4.65. The number of rotatable bonds is 9. The van der Waals surface area contributed by atoms with Crippen LogP contribution in [0.3, 0.4) is 0 Å². The molecule has 1 atom stereocenters. The average molecular weight is 529 g/mol. The number of imide groups is 1. The molecule has 2 N–H and O–H groups in total. The van der Waals surface area contributed by atoms with Gasteiger partial charge in [-0.2, -0.15) is 0 Å². The zero-order valence-electron chi connectivity index (χ0n) is 18.6. The summed E-state index contributed by atoms with van der Waals surface area (Å²) in [6.07, 6.45) is 0.450. The van der Waals surface area contributed by atoms with Gasteiger partial charge in [0.15, 0.2) is 0 Å². The Bertz CT molecular complexity index is 1060. The predicted octanol–water partition coefficient (Wildman–Crippen LogP) is 5.72. The molecule has 0 radical (unpaired) electrons. The summed E-state index contributed by atoms with van der Waals surface area (Å²) < 4.78 is 67.4. The lowest BCUT2D eigenvalue weighted by molar-refractivity contribution is -0.132. The summed E-state index contributed by atoms with van der Waals surface area (Å²) in [5, 5.41) is -0.852. The van der Waals surface area contributed by atoms with Gasteiger partial charge in [-0.05, 0) is 24.5 Å². The van der Waals surface area contributed by atoms with E-state index in [2.05, 4.69) is 10.3 Å². The normalized spacial score (nSPS) is 14.5. The highest BCUT2D eigenvalue weighted by Crippen LogP contribution is 2.99. The molecule has 0 aliphatic rings. The smallest absolute Gasteiger partial charge is 0.324 e. The molecule has 0 saturated carbocycles. The zero-order chi connectivity index (χ0) is 25.8. The Kier molecular flexibility index (Phi) is 7.67. The number of amides is 4. The number of nitrogens with zero attached hydrogens (tertiary/aromatic N) is 2. The highest BCUT2D eigenvalue weighted by Gasteiger charge is 2.74. The Hall–Kier alpha value is -2.74. The van der Waals surface area contributed by atoms with Gasteiger partial charge in [0, 0.05) is 20.0 Å². The summed E-state index contributed by atoms with van der Waals surface area (Å²) >= 11 is 1.44. The van der Waals surface area contributed by atoms with Crippen molar-refractivity contribution in [2.75, 3.05) is 6.54 Å². The first-order chi connectivity index (χ1) is 15.5. The van der Waals surface area contributed by atoms with Crippen LogP contribution in [0.5, 0.6) is 0 Å². The molecule has 2 rings (SSSR count). The summed E-state index contributed by atoms with van der Waals surface area (Å²) in [6, 6.07) is 5.59. The molecule has 1 aromatic carbocycles. The number of unbranched alkanes of at least 4 members (excludes halogenated alkanes) is 1. The van der Waals surface area contributed by atoms with E-state index < -0.39 is 40.0 Å². The first-order valence-corrected chi connectivity index (χ1v) is 13.0. The van der Waals surface area contributed by atoms with Crippen molar-refractivity contribution in [1.29, 1.82) is 0 Å². The Morgan fingerprint density at radius 2 is 1.74 bits per heavy atom. The van der Waals surface area contributed by atoms with Crippen molar-refractivity contribution < 1.29 is 33.8 Å². The van der Waals surface area contributed by atoms with Crippen molar-refractivity contribution in [3.63, 3.8) is 0 Å². The van der Waals surface area contributed by atoms with Crippen molar-refractivity contribution in [3.8, 4) is 10.4 Å². The van der Waals surface area contributed by atoms with Crippen LogP contribution in [0.15, 0.2) is 29.8 Å². The number of carbonyl (C=O) groups is 3. The van der Waals surface area contributed by atoms with Crippen molar-refractivity contribution >= 4 is 39.4 Å². The molecule has 2 aromatic rings. The van der Waals surface area contributed by atoms with Crippen LogP contribution >= 0.6 is 21.6 Å². The van der Waals surface area contributed by atoms with Crippen LogP contribution < -0.4 is 10.6 Å². The average Bonchev–Trinajstić information content (AvgIpc) is 3.15. The number of hydrogen-bond donors (Lipinski definition) is 2. The summed E-state index contributed by atoms with van der Waals surface area (Å²) in [4.78, 5) is 41.4. The molecule has 7 nitrogen and oxygen atoms in total. The Morgan fingerprint density at radius 3 is 2.21 bits per heavy atom. The van der Waals surface area contributed by atoms with Crippen LogP contribution in [0.4, 0.5) is 24.2 Å². The molecule has 34 heavy (non-hydrogen) atoms. The quantitative estimate of drug-likeness (QED) is 0.408. The van der Waals surface area contributed by atoms with Crippen LogP contribution in [0.25, 0.3) is 10.4 Å². The third-order valence-corrected chi connectivity index (χ3v) is 6.84. The van der Waals surface area contributed by atoms with E-state index in [1.807, 2.05) is 6.92 Å². The van der Waals surface area contributed by atoms with Gasteiger partial charge in [0.2, 0.25) is 11.3 Å². The van der Waals surface area contributed by atoms with E-state index in [1.165, 1.54) is 11.3 Å². The maximum atomic E-state index is 13.5. The maximum Gasteiger partial charge on any atom is 0.324 e. The topological polar surface area (TPSA) is 91.4 Å². The van der Waals surface area contributed by atoms with Crippen molar-refractivity contribution in [3.05, 3.63) is 41.0 Å². The van der Waals surface area contributed by atoms with Crippen molar-refractivity contribution in [2.45, 2.75) is 45.5 Å². The number of nitrogens with one attached hydrogen (secondary N) is 2. The number of halogens is 5. The molecule has 190 valence electrons. The molecule has 1 unspecified atom stereocenters. The molecule has 0 aliphatic heterocycles. The van der Waals surface area contributed by atoms with Gasteiger partial charge in [0.05, 0.1) is 16.1 Å². The van der Waals surface area contributed by atoms with Crippen LogP contribution in [0.2, 0.25) is 0 Å². The van der Waals surface area contributed by atoms with E-state index in [0.717, 1.165) is 21.5 Å². The molecule has 0 fully saturated rings. The van der Waals surface area contributed by atoms with Crippen LogP contribution in [0, 0.1) is 6.92 Å². The van der Waals surface area contributed by atoms with Gasteiger partial charge in [0.1, 0.15) is 0 Å². The van der Waals surface area contributed by atoms with Crippen LogP contribution in [0.1, 0.15) is 37.9 Å². The lowest BCUT2D eigenvalue weighted by Crippen LogP contribution is -2.56. The number of urea groups is 1. The lowest BCUT2D eigenvalue weighted by Gasteiger charge is -2.46. The summed E-state index contributed by atoms with van der Waals surface area (Å²) in [7, 11) is -10.5. The number of thiazole rings is 1. The van der Waals surface area contributed by atoms with Gasteiger partial charge in [-0.15, -0.1) is 11.3 Å². The highest BCUT2D eigenvalue weighted by molar-refractivity contribution is 8.46. The molecule has 14 heteroatoms. The van der Waals surface area contributed by atoms with Gasteiger partial charge in [0.25, 0.3) is 5.91 Å². The lowest BCUT2D eigenvalue weighted by atomic mass is 10.1. The van der Waals surface area contributed by atoms with E-state index >= 15 is 0 Å². The first-order valence-electron chi connectivity index (χ1n) is 10.1. The Labute approximate surface area is 197 Å². The molecular formula is C20H25F5N4O3S2. The molecule has 0 aliphatic carbocycles. The molecule has 1 aromatic heterocycles. The molecule has 4 amide bonds.